The summed E-state index contributed by atoms with van der Waals surface area (Å²) in [7, 11) is -3.92. The van der Waals surface area contributed by atoms with E-state index >= 15 is 0 Å². The Morgan fingerprint density at radius 2 is 1.74 bits per heavy atom. The van der Waals surface area contributed by atoms with Crippen LogP contribution in [0, 0.1) is 12.8 Å². The molecular weight excluding hydrogens is 422 g/mol. The van der Waals surface area contributed by atoms with Crippen molar-refractivity contribution in [3.63, 3.8) is 0 Å². The zero-order valence-electron chi connectivity index (χ0n) is 17.4. The highest BCUT2D eigenvalue weighted by molar-refractivity contribution is 7.89. The lowest BCUT2D eigenvalue weighted by Crippen LogP contribution is -2.46. The maximum absolute atomic E-state index is 12.5. The average Bonchev–Trinajstić information content (AvgIpc) is 2.69. The number of nitrogens with two attached hydrogens (primary N) is 1. The van der Waals surface area contributed by atoms with Gasteiger partial charge in [0.15, 0.2) is 6.61 Å². The van der Waals surface area contributed by atoms with E-state index in [4.69, 9.17) is 9.88 Å². The van der Waals surface area contributed by atoms with Gasteiger partial charge < -0.3 is 15.4 Å². The van der Waals surface area contributed by atoms with Crippen LogP contribution in [0.25, 0.3) is 0 Å². The molecule has 0 radical (unpaired) electrons. The minimum absolute atomic E-state index is 0.166. The Morgan fingerprint density at radius 1 is 1.06 bits per heavy atom. The van der Waals surface area contributed by atoms with E-state index in [1.165, 1.54) is 24.3 Å². The first-order valence-corrected chi connectivity index (χ1v) is 11.0. The number of primary sulfonamides is 1. The normalized spacial score (nSPS) is 12.2. The van der Waals surface area contributed by atoms with Crippen LogP contribution in [-0.4, -0.2) is 38.9 Å². The molecule has 0 aromatic heterocycles. The minimum Gasteiger partial charge on any atom is -0.454 e. The number of anilines is 1. The Labute approximate surface area is 181 Å². The van der Waals surface area contributed by atoms with Gasteiger partial charge in [0.2, 0.25) is 10.0 Å². The molecule has 1 unspecified atom stereocenters. The highest BCUT2D eigenvalue weighted by atomic mass is 32.2. The predicted octanol–water partition coefficient (Wildman–Crippen LogP) is 1.58. The molecule has 31 heavy (non-hydrogen) atoms. The largest absolute Gasteiger partial charge is 0.454 e. The van der Waals surface area contributed by atoms with Crippen LogP contribution in [0.1, 0.15) is 29.8 Å². The van der Waals surface area contributed by atoms with Crippen LogP contribution >= 0.6 is 0 Å². The van der Waals surface area contributed by atoms with Gasteiger partial charge in [-0.3, -0.25) is 9.59 Å². The van der Waals surface area contributed by atoms with E-state index in [1.54, 1.807) is 32.0 Å². The van der Waals surface area contributed by atoms with E-state index in [0.717, 1.165) is 5.56 Å². The second kappa shape index (κ2) is 10.2. The molecule has 0 aliphatic rings. The third-order valence-corrected chi connectivity index (χ3v) is 5.19. The van der Waals surface area contributed by atoms with E-state index in [9.17, 15) is 22.8 Å². The smallest absolute Gasteiger partial charge is 0.329 e. The number of rotatable bonds is 8. The Balaban J connectivity index is 1.97. The van der Waals surface area contributed by atoms with Crippen molar-refractivity contribution in [1.29, 1.82) is 0 Å². The maximum Gasteiger partial charge on any atom is 0.329 e. The van der Waals surface area contributed by atoms with Crippen LogP contribution in [0.15, 0.2) is 53.4 Å². The third kappa shape index (κ3) is 7.19. The number of carbonyl (C=O) groups is 3. The molecule has 2 aromatic carbocycles. The molecule has 0 heterocycles. The molecule has 9 nitrogen and oxygen atoms in total. The Hall–Kier alpha value is -3.24. The van der Waals surface area contributed by atoms with Gasteiger partial charge in [-0.2, -0.15) is 0 Å². The standard InChI is InChI=1S/C21H25N3O6S/c1-13(2)19(24-20(26)15-7-4-6-14(3)10-15)21(27)30-12-18(25)23-16-8-5-9-17(11-16)31(22,28)29/h4-11,13,19H,12H2,1-3H3,(H,23,25)(H,24,26)(H2,22,28,29). The van der Waals surface area contributed by atoms with Crippen molar-refractivity contribution < 1.29 is 27.5 Å². The lowest BCUT2D eigenvalue weighted by Gasteiger charge is -2.21. The van der Waals surface area contributed by atoms with Gasteiger partial charge in [0.1, 0.15) is 6.04 Å². The number of sulfonamides is 1. The van der Waals surface area contributed by atoms with E-state index in [2.05, 4.69) is 10.6 Å². The number of hydrogen-bond donors (Lipinski definition) is 3. The van der Waals surface area contributed by atoms with Crippen LogP contribution in [0.3, 0.4) is 0 Å². The quantitative estimate of drug-likeness (QED) is 0.524. The molecule has 0 aliphatic heterocycles. The summed E-state index contributed by atoms with van der Waals surface area (Å²) in [6.45, 7) is 4.72. The molecule has 166 valence electrons. The van der Waals surface area contributed by atoms with Crippen molar-refractivity contribution in [2.24, 2.45) is 11.1 Å². The highest BCUT2D eigenvalue weighted by Crippen LogP contribution is 2.14. The zero-order valence-corrected chi connectivity index (χ0v) is 18.2. The zero-order chi connectivity index (χ0) is 23.2. The van der Waals surface area contributed by atoms with Crippen molar-refractivity contribution in [1.82, 2.24) is 5.32 Å². The Morgan fingerprint density at radius 3 is 2.35 bits per heavy atom. The second-order valence-electron chi connectivity index (χ2n) is 7.29. The fourth-order valence-electron chi connectivity index (χ4n) is 2.68. The van der Waals surface area contributed by atoms with E-state index in [0.29, 0.717) is 5.56 Å². The summed E-state index contributed by atoms with van der Waals surface area (Å²) in [5.41, 5.74) is 1.49. The Bertz CT molecular complexity index is 1080. The van der Waals surface area contributed by atoms with Gasteiger partial charge in [0.25, 0.3) is 11.8 Å². The molecule has 0 bridgehead atoms. The van der Waals surface area contributed by atoms with Crippen LogP contribution < -0.4 is 15.8 Å². The fourth-order valence-corrected chi connectivity index (χ4v) is 3.24. The molecule has 2 aromatic rings. The first-order chi connectivity index (χ1) is 14.5. The number of esters is 1. The summed E-state index contributed by atoms with van der Waals surface area (Å²) < 4.78 is 27.8. The number of amides is 2. The van der Waals surface area contributed by atoms with Gasteiger partial charge in [-0.05, 0) is 43.2 Å². The van der Waals surface area contributed by atoms with Gasteiger partial charge in [-0.15, -0.1) is 0 Å². The number of hydrogen-bond acceptors (Lipinski definition) is 6. The first-order valence-electron chi connectivity index (χ1n) is 9.44. The van der Waals surface area contributed by atoms with Gasteiger partial charge in [0.05, 0.1) is 4.90 Å². The SMILES string of the molecule is Cc1cccc(C(=O)NC(C(=O)OCC(=O)Nc2cccc(S(N)(=O)=O)c2)C(C)C)c1. The maximum atomic E-state index is 12.5. The molecular formula is C21H25N3O6S. The summed E-state index contributed by atoms with van der Waals surface area (Å²) in [5, 5.41) is 10.1. The topological polar surface area (TPSA) is 145 Å². The number of benzene rings is 2. The molecule has 2 rings (SSSR count). The number of ether oxygens (including phenoxy) is 1. The molecule has 1 atom stereocenters. The number of nitrogens with one attached hydrogen (secondary N) is 2. The molecule has 0 aliphatic carbocycles. The van der Waals surface area contributed by atoms with Crippen molar-refractivity contribution >= 4 is 33.5 Å². The van der Waals surface area contributed by atoms with Gasteiger partial charge in [-0.25, -0.2) is 18.4 Å². The molecule has 0 saturated heterocycles. The van der Waals surface area contributed by atoms with Crippen molar-refractivity contribution in [3.05, 3.63) is 59.7 Å². The van der Waals surface area contributed by atoms with Crippen molar-refractivity contribution in [2.75, 3.05) is 11.9 Å². The van der Waals surface area contributed by atoms with Gasteiger partial charge in [-0.1, -0.05) is 37.6 Å². The predicted molar refractivity (Wildman–Crippen MR) is 115 cm³/mol. The second-order valence-corrected chi connectivity index (χ2v) is 8.85. The fraction of sp³-hybridized carbons (Fsp3) is 0.286. The van der Waals surface area contributed by atoms with Gasteiger partial charge in [0, 0.05) is 11.3 Å². The van der Waals surface area contributed by atoms with E-state index in [1.807, 2.05) is 13.0 Å². The van der Waals surface area contributed by atoms with Crippen molar-refractivity contribution in [3.8, 4) is 0 Å². The average molecular weight is 448 g/mol. The summed E-state index contributed by atoms with van der Waals surface area (Å²) in [5.74, 6) is -2.14. The lowest BCUT2D eigenvalue weighted by atomic mass is 10.0. The molecule has 2 amide bonds. The summed E-state index contributed by atoms with van der Waals surface area (Å²) in [6.07, 6.45) is 0. The number of carbonyl (C=O) groups excluding carboxylic acids is 3. The van der Waals surface area contributed by atoms with Crippen molar-refractivity contribution in [2.45, 2.75) is 31.7 Å². The van der Waals surface area contributed by atoms with Crippen LogP contribution in [-0.2, 0) is 24.3 Å². The summed E-state index contributed by atoms with van der Waals surface area (Å²) in [4.78, 5) is 36.8. The summed E-state index contributed by atoms with van der Waals surface area (Å²) in [6, 6.07) is 11.3. The van der Waals surface area contributed by atoms with Crippen LogP contribution in [0.4, 0.5) is 5.69 Å². The van der Waals surface area contributed by atoms with Crippen LogP contribution in [0.5, 0.6) is 0 Å². The lowest BCUT2D eigenvalue weighted by molar-refractivity contribution is -0.150. The van der Waals surface area contributed by atoms with Crippen LogP contribution in [0.2, 0.25) is 0 Å². The molecule has 0 fully saturated rings. The Kier molecular flexibility index (Phi) is 7.89. The summed E-state index contributed by atoms with van der Waals surface area (Å²) >= 11 is 0. The monoisotopic (exact) mass is 447 g/mol. The molecule has 10 heteroatoms. The third-order valence-electron chi connectivity index (χ3n) is 4.28. The minimum atomic E-state index is -3.92. The first kappa shape index (κ1) is 24.0. The van der Waals surface area contributed by atoms with E-state index < -0.39 is 40.5 Å². The molecule has 0 spiro atoms. The van der Waals surface area contributed by atoms with Gasteiger partial charge >= 0.3 is 5.97 Å². The highest BCUT2D eigenvalue weighted by Gasteiger charge is 2.27. The molecule has 4 N–H and O–H groups in total. The van der Waals surface area contributed by atoms with E-state index in [-0.39, 0.29) is 16.5 Å². The molecule has 0 saturated carbocycles. The number of aryl methyl sites for hydroxylation is 1.